The van der Waals surface area contributed by atoms with Gasteiger partial charge in [0.05, 0.1) is 10.7 Å². The summed E-state index contributed by atoms with van der Waals surface area (Å²) in [5, 5.41) is 4.52. The van der Waals surface area contributed by atoms with E-state index in [1.165, 1.54) is 49.8 Å². The largest absolute Gasteiger partial charge is 0.370 e. The lowest BCUT2D eigenvalue weighted by Gasteiger charge is -2.28. The van der Waals surface area contributed by atoms with Gasteiger partial charge in [-0.05, 0) is 37.3 Å². The fourth-order valence-corrected chi connectivity index (χ4v) is 2.95. The van der Waals surface area contributed by atoms with Gasteiger partial charge in [-0.1, -0.05) is 50.4 Å². The molecule has 0 atom stereocenters. The Morgan fingerprint density at radius 2 is 1.81 bits per heavy atom. The van der Waals surface area contributed by atoms with Crippen LogP contribution in [-0.4, -0.2) is 19.1 Å². The molecule has 1 aromatic carbocycles. The Kier molecular flexibility index (Phi) is 6.85. The van der Waals surface area contributed by atoms with E-state index in [1.54, 1.807) is 0 Å². The molecular formula is C18H29ClN2. The molecule has 1 aliphatic carbocycles. The lowest BCUT2D eigenvalue weighted by Crippen LogP contribution is -2.28. The van der Waals surface area contributed by atoms with Gasteiger partial charge < -0.3 is 10.2 Å². The van der Waals surface area contributed by atoms with E-state index >= 15 is 0 Å². The molecule has 0 amide bonds. The number of nitrogens with zero attached hydrogens (tertiary/aromatic N) is 1. The molecule has 2 rings (SSSR count). The molecule has 3 heteroatoms. The predicted molar refractivity (Wildman–Crippen MR) is 93.3 cm³/mol. The second-order valence-corrected chi connectivity index (χ2v) is 6.50. The molecule has 21 heavy (non-hydrogen) atoms. The van der Waals surface area contributed by atoms with Gasteiger partial charge in [-0.25, -0.2) is 0 Å². The molecule has 118 valence electrons. The van der Waals surface area contributed by atoms with E-state index in [-0.39, 0.29) is 0 Å². The minimum atomic E-state index is 0.733. The first kappa shape index (κ1) is 16.6. The summed E-state index contributed by atoms with van der Waals surface area (Å²) in [5.74, 6) is 0. The molecule has 0 radical (unpaired) electrons. The molecule has 0 unspecified atom stereocenters. The summed E-state index contributed by atoms with van der Waals surface area (Å²) in [6, 6.07) is 7.06. The van der Waals surface area contributed by atoms with E-state index in [9.17, 15) is 0 Å². The topological polar surface area (TPSA) is 15.3 Å². The Bertz CT molecular complexity index is 421. The quantitative estimate of drug-likeness (QED) is 0.654. The molecule has 0 heterocycles. The zero-order chi connectivity index (χ0) is 15.1. The summed E-state index contributed by atoms with van der Waals surface area (Å²) in [6.07, 6.45) is 7.55. The van der Waals surface area contributed by atoms with Crippen LogP contribution in [0.2, 0.25) is 5.02 Å². The van der Waals surface area contributed by atoms with E-state index in [0.717, 1.165) is 30.7 Å². The maximum atomic E-state index is 6.54. The third-order valence-electron chi connectivity index (χ3n) is 4.11. The van der Waals surface area contributed by atoms with Gasteiger partial charge in [-0.15, -0.1) is 0 Å². The molecule has 0 bridgehead atoms. The monoisotopic (exact) mass is 308 g/mol. The molecule has 0 aliphatic heterocycles. The number of halogens is 1. The summed E-state index contributed by atoms with van der Waals surface area (Å²) >= 11 is 6.54. The fourth-order valence-electron chi connectivity index (χ4n) is 2.63. The lowest BCUT2D eigenvalue weighted by atomic mass is 10.1. The van der Waals surface area contributed by atoms with Crippen LogP contribution in [0.3, 0.4) is 0 Å². The van der Waals surface area contributed by atoms with Gasteiger partial charge in [-0.3, -0.25) is 0 Å². The third kappa shape index (κ3) is 5.19. The second kappa shape index (κ2) is 8.65. The Labute approximate surface area is 134 Å². The molecule has 0 spiro atoms. The van der Waals surface area contributed by atoms with Crippen LogP contribution in [0.15, 0.2) is 18.2 Å². The first-order chi connectivity index (χ1) is 10.3. The average Bonchev–Trinajstić information content (AvgIpc) is 3.30. The van der Waals surface area contributed by atoms with Crippen molar-refractivity contribution < 1.29 is 0 Å². The van der Waals surface area contributed by atoms with Crippen molar-refractivity contribution in [3.8, 4) is 0 Å². The van der Waals surface area contributed by atoms with Gasteiger partial charge >= 0.3 is 0 Å². The zero-order valence-corrected chi connectivity index (χ0v) is 14.3. The molecule has 1 fully saturated rings. The summed E-state index contributed by atoms with van der Waals surface area (Å²) in [4.78, 5) is 2.50. The summed E-state index contributed by atoms with van der Waals surface area (Å²) in [7, 11) is 0. The Balaban J connectivity index is 2.13. The molecule has 0 aromatic heterocycles. The first-order valence-corrected chi connectivity index (χ1v) is 8.89. The number of nitrogens with one attached hydrogen (secondary N) is 1. The highest BCUT2D eigenvalue weighted by molar-refractivity contribution is 6.33. The molecule has 1 aromatic rings. The van der Waals surface area contributed by atoms with Crippen molar-refractivity contribution in [3.05, 3.63) is 28.8 Å². The number of benzene rings is 1. The van der Waals surface area contributed by atoms with Crippen molar-refractivity contribution >= 4 is 17.3 Å². The Morgan fingerprint density at radius 1 is 1.14 bits per heavy atom. The van der Waals surface area contributed by atoms with Crippen LogP contribution in [-0.2, 0) is 6.54 Å². The van der Waals surface area contributed by atoms with E-state index in [0.29, 0.717) is 0 Å². The smallest absolute Gasteiger partial charge is 0.0642 e. The van der Waals surface area contributed by atoms with Crippen molar-refractivity contribution in [1.82, 2.24) is 5.32 Å². The van der Waals surface area contributed by atoms with Gasteiger partial charge in [-0.2, -0.15) is 0 Å². The summed E-state index contributed by atoms with van der Waals surface area (Å²) < 4.78 is 0. The van der Waals surface area contributed by atoms with Gasteiger partial charge in [0.1, 0.15) is 0 Å². The normalized spacial score (nSPS) is 14.4. The van der Waals surface area contributed by atoms with Crippen molar-refractivity contribution in [3.63, 3.8) is 0 Å². The average molecular weight is 309 g/mol. The maximum Gasteiger partial charge on any atom is 0.0642 e. The van der Waals surface area contributed by atoms with Crippen LogP contribution in [0, 0.1) is 0 Å². The maximum absolute atomic E-state index is 6.54. The van der Waals surface area contributed by atoms with Crippen LogP contribution < -0.4 is 10.2 Å². The van der Waals surface area contributed by atoms with E-state index in [4.69, 9.17) is 11.6 Å². The number of hydrogen-bond acceptors (Lipinski definition) is 2. The van der Waals surface area contributed by atoms with E-state index in [1.807, 2.05) is 6.07 Å². The van der Waals surface area contributed by atoms with Gasteiger partial charge in [0.2, 0.25) is 0 Å². The summed E-state index contributed by atoms with van der Waals surface area (Å²) in [6.45, 7) is 7.66. The molecular weight excluding hydrogens is 280 g/mol. The van der Waals surface area contributed by atoms with Crippen LogP contribution in [0.25, 0.3) is 0 Å². The number of anilines is 1. The molecule has 1 N–H and O–H groups in total. The standard InChI is InChI=1S/C18H29ClN2/c1-3-5-12-21(13-6-4-2)18-15(8-7-9-17(18)19)14-20-16-10-11-16/h7-9,16,20H,3-6,10-14H2,1-2H3. The molecule has 2 nitrogen and oxygen atoms in total. The van der Waals surface area contributed by atoms with Gasteiger partial charge in [0.25, 0.3) is 0 Å². The van der Waals surface area contributed by atoms with Crippen LogP contribution in [0.4, 0.5) is 5.69 Å². The minimum Gasteiger partial charge on any atom is -0.370 e. The molecule has 0 saturated heterocycles. The highest BCUT2D eigenvalue weighted by Crippen LogP contribution is 2.31. The number of para-hydroxylation sites is 1. The molecule has 1 aliphatic rings. The van der Waals surface area contributed by atoms with Crippen LogP contribution in [0.5, 0.6) is 0 Å². The third-order valence-corrected chi connectivity index (χ3v) is 4.41. The first-order valence-electron chi connectivity index (χ1n) is 8.52. The Morgan fingerprint density at radius 3 is 2.38 bits per heavy atom. The number of unbranched alkanes of at least 4 members (excludes halogenated alkanes) is 2. The fraction of sp³-hybridized carbons (Fsp3) is 0.667. The highest BCUT2D eigenvalue weighted by Gasteiger charge is 2.21. The van der Waals surface area contributed by atoms with Gasteiger partial charge in [0, 0.05) is 25.7 Å². The lowest BCUT2D eigenvalue weighted by molar-refractivity contribution is 0.660. The van der Waals surface area contributed by atoms with Crippen molar-refractivity contribution in [2.24, 2.45) is 0 Å². The van der Waals surface area contributed by atoms with Crippen molar-refractivity contribution in [1.29, 1.82) is 0 Å². The molecule has 1 saturated carbocycles. The predicted octanol–water partition coefficient (Wildman–Crippen LogP) is 5.00. The Hall–Kier alpha value is -0.730. The highest BCUT2D eigenvalue weighted by atomic mass is 35.5. The van der Waals surface area contributed by atoms with Gasteiger partial charge in [0.15, 0.2) is 0 Å². The second-order valence-electron chi connectivity index (χ2n) is 6.10. The SMILES string of the molecule is CCCCN(CCCC)c1c(Cl)cccc1CNC1CC1. The van der Waals surface area contributed by atoms with E-state index < -0.39 is 0 Å². The van der Waals surface area contributed by atoms with Crippen LogP contribution in [0.1, 0.15) is 57.9 Å². The van der Waals surface area contributed by atoms with Crippen molar-refractivity contribution in [2.75, 3.05) is 18.0 Å². The minimum absolute atomic E-state index is 0.733. The van der Waals surface area contributed by atoms with E-state index in [2.05, 4.69) is 36.2 Å². The van der Waals surface area contributed by atoms with Crippen molar-refractivity contribution in [2.45, 2.75) is 65.0 Å². The number of rotatable bonds is 10. The number of hydrogen-bond donors (Lipinski definition) is 1. The van der Waals surface area contributed by atoms with Crippen LogP contribution >= 0.6 is 11.6 Å². The zero-order valence-electron chi connectivity index (χ0n) is 13.5. The summed E-state index contributed by atoms with van der Waals surface area (Å²) in [5.41, 5.74) is 2.61.